The van der Waals surface area contributed by atoms with Crippen LogP contribution < -0.4 is 4.74 Å². The van der Waals surface area contributed by atoms with Crippen LogP contribution in [0.1, 0.15) is 11.1 Å². The van der Waals surface area contributed by atoms with E-state index in [0.29, 0.717) is 33.0 Å². The number of carboxylic acid groups (broad SMARTS) is 1. The van der Waals surface area contributed by atoms with Gasteiger partial charge in [0.25, 0.3) is 0 Å². The number of rotatable bonds is 8. The van der Waals surface area contributed by atoms with E-state index in [1.54, 1.807) is 54.6 Å². The summed E-state index contributed by atoms with van der Waals surface area (Å²) < 4.78 is 32.4. The molecule has 0 amide bonds. The van der Waals surface area contributed by atoms with Crippen molar-refractivity contribution in [3.05, 3.63) is 82.9 Å². The van der Waals surface area contributed by atoms with Crippen LogP contribution in [0.3, 0.4) is 0 Å². The zero-order valence-electron chi connectivity index (χ0n) is 17.0. The van der Waals surface area contributed by atoms with Crippen molar-refractivity contribution in [2.24, 2.45) is 0 Å². The van der Waals surface area contributed by atoms with Crippen molar-refractivity contribution in [2.75, 3.05) is 13.7 Å². The van der Waals surface area contributed by atoms with Crippen molar-refractivity contribution < 1.29 is 23.1 Å². The number of nitriles is 1. The van der Waals surface area contributed by atoms with E-state index in [0.717, 1.165) is 0 Å². The first kappa shape index (κ1) is 23.3. The minimum atomic E-state index is -3.78. The van der Waals surface area contributed by atoms with Gasteiger partial charge in [-0.1, -0.05) is 35.9 Å². The molecule has 0 fully saturated rings. The van der Waals surface area contributed by atoms with E-state index < -0.39 is 22.6 Å². The summed E-state index contributed by atoms with van der Waals surface area (Å²) in [6, 6.07) is 19.8. The van der Waals surface area contributed by atoms with Gasteiger partial charge in [0.1, 0.15) is 5.75 Å². The Morgan fingerprint density at radius 2 is 1.88 bits per heavy atom. The molecule has 0 saturated carbocycles. The monoisotopic (exact) mass is 470 g/mol. The standard InChI is InChI=1S/C23H19ClN2O5S/c1-26(32(29,30)20-7-3-6-19(24)12-20)14-17-8-9-22(31-15-23(27)28)21(11-17)18-5-2-4-16(10-18)13-25/h2-12H,14-15H2,1H3,(H,27,28). The van der Waals surface area contributed by atoms with E-state index in [1.807, 2.05) is 0 Å². The van der Waals surface area contributed by atoms with E-state index in [4.69, 9.17) is 21.4 Å². The summed E-state index contributed by atoms with van der Waals surface area (Å²) in [7, 11) is -2.32. The van der Waals surface area contributed by atoms with Gasteiger partial charge in [0.05, 0.1) is 16.5 Å². The molecule has 0 aliphatic heterocycles. The summed E-state index contributed by atoms with van der Waals surface area (Å²) in [4.78, 5) is 11.0. The number of carbonyl (C=O) groups is 1. The molecule has 164 valence electrons. The van der Waals surface area contributed by atoms with E-state index in [-0.39, 0.29) is 11.4 Å². The normalized spacial score (nSPS) is 11.2. The zero-order valence-corrected chi connectivity index (χ0v) is 18.6. The Kier molecular flexibility index (Phi) is 7.15. The highest BCUT2D eigenvalue weighted by molar-refractivity contribution is 7.89. The van der Waals surface area contributed by atoms with E-state index in [2.05, 4.69) is 6.07 Å². The molecule has 0 aliphatic rings. The molecule has 0 aliphatic carbocycles. The molecule has 32 heavy (non-hydrogen) atoms. The van der Waals surface area contributed by atoms with Gasteiger partial charge >= 0.3 is 5.97 Å². The maximum absolute atomic E-state index is 12.9. The van der Waals surface area contributed by atoms with Crippen LogP contribution in [0.25, 0.3) is 11.1 Å². The van der Waals surface area contributed by atoms with Crippen molar-refractivity contribution in [3.8, 4) is 22.9 Å². The molecule has 0 saturated heterocycles. The first-order valence-corrected chi connectivity index (χ1v) is 11.2. The Labute approximate surface area is 191 Å². The number of carboxylic acids is 1. The minimum Gasteiger partial charge on any atom is -0.481 e. The number of halogens is 1. The van der Waals surface area contributed by atoms with Crippen LogP contribution >= 0.6 is 11.6 Å². The van der Waals surface area contributed by atoms with Crippen LogP contribution in [-0.2, 0) is 21.4 Å². The maximum Gasteiger partial charge on any atom is 0.341 e. The molecule has 0 unspecified atom stereocenters. The van der Waals surface area contributed by atoms with Crippen LogP contribution in [0.15, 0.2) is 71.6 Å². The summed E-state index contributed by atoms with van der Waals surface area (Å²) in [5.41, 5.74) is 2.27. The van der Waals surface area contributed by atoms with Gasteiger partial charge in [0, 0.05) is 24.2 Å². The average molecular weight is 471 g/mol. The average Bonchev–Trinajstić information content (AvgIpc) is 2.78. The fourth-order valence-corrected chi connectivity index (χ4v) is 4.53. The molecule has 0 aromatic heterocycles. The molecule has 3 aromatic carbocycles. The Morgan fingerprint density at radius 1 is 1.12 bits per heavy atom. The molecule has 0 spiro atoms. The van der Waals surface area contributed by atoms with Gasteiger partial charge in [-0.25, -0.2) is 13.2 Å². The predicted molar refractivity (Wildman–Crippen MR) is 120 cm³/mol. The topological polar surface area (TPSA) is 108 Å². The molecule has 0 atom stereocenters. The lowest BCUT2D eigenvalue weighted by Crippen LogP contribution is -2.26. The highest BCUT2D eigenvalue weighted by Gasteiger charge is 2.22. The first-order valence-electron chi connectivity index (χ1n) is 9.40. The smallest absolute Gasteiger partial charge is 0.341 e. The van der Waals surface area contributed by atoms with Crippen molar-refractivity contribution in [3.63, 3.8) is 0 Å². The number of sulfonamides is 1. The molecule has 0 bridgehead atoms. The summed E-state index contributed by atoms with van der Waals surface area (Å²) in [6.07, 6.45) is 0. The van der Waals surface area contributed by atoms with Crippen LogP contribution in [0.4, 0.5) is 0 Å². The van der Waals surface area contributed by atoms with Crippen LogP contribution in [0, 0.1) is 11.3 Å². The lowest BCUT2D eigenvalue weighted by atomic mass is 10.00. The summed E-state index contributed by atoms with van der Waals surface area (Å²) >= 11 is 5.94. The fraction of sp³-hybridized carbons (Fsp3) is 0.130. The number of benzene rings is 3. The number of nitrogens with zero attached hydrogens (tertiary/aromatic N) is 2. The van der Waals surface area contributed by atoms with Gasteiger partial charge in [0.15, 0.2) is 6.61 Å². The summed E-state index contributed by atoms with van der Waals surface area (Å²) in [5, 5.41) is 18.5. The lowest BCUT2D eigenvalue weighted by Gasteiger charge is -2.19. The number of hydrogen-bond acceptors (Lipinski definition) is 5. The highest BCUT2D eigenvalue weighted by Crippen LogP contribution is 2.32. The molecule has 3 aromatic rings. The molecule has 0 heterocycles. The number of ether oxygens (including phenoxy) is 1. The van der Waals surface area contributed by atoms with E-state index >= 15 is 0 Å². The second-order valence-electron chi connectivity index (χ2n) is 6.92. The summed E-state index contributed by atoms with van der Waals surface area (Å²) in [6.45, 7) is -0.480. The second kappa shape index (κ2) is 9.83. The van der Waals surface area contributed by atoms with Gasteiger partial charge < -0.3 is 9.84 Å². The number of aliphatic carboxylic acids is 1. The molecular weight excluding hydrogens is 452 g/mol. The van der Waals surface area contributed by atoms with E-state index in [9.17, 15) is 18.5 Å². The van der Waals surface area contributed by atoms with Gasteiger partial charge in [0.2, 0.25) is 10.0 Å². The predicted octanol–water partition coefficient (Wildman–Crippen LogP) is 4.16. The van der Waals surface area contributed by atoms with Gasteiger partial charge in [-0.3, -0.25) is 0 Å². The molecule has 0 radical (unpaired) electrons. The Balaban J connectivity index is 1.97. The third-order valence-electron chi connectivity index (χ3n) is 4.61. The minimum absolute atomic E-state index is 0.0546. The lowest BCUT2D eigenvalue weighted by molar-refractivity contribution is -0.139. The SMILES string of the molecule is CN(Cc1ccc(OCC(=O)O)c(-c2cccc(C#N)c2)c1)S(=O)(=O)c1cccc(Cl)c1. The Morgan fingerprint density at radius 3 is 2.56 bits per heavy atom. The molecule has 7 nitrogen and oxygen atoms in total. The third kappa shape index (κ3) is 5.45. The molecular formula is C23H19ClN2O5S. The number of hydrogen-bond donors (Lipinski definition) is 1. The third-order valence-corrected chi connectivity index (χ3v) is 6.64. The van der Waals surface area contributed by atoms with Crippen LogP contribution in [0.5, 0.6) is 5.75 Å². The highest BCUT2D eigenvalue weighted by atomic mass is 35.5. The van der Waals surface area contributed by atoms with Crippen molar-refractivity contribution >= 4 is 27.6 Å². The molecule has 1 N–H and O–H groups in total. The fourth-order valence-electron chi connectivity index (χ4n) is 3.07. The summed E-state index contributed by atoms with van der Waals surface area (Å²) in [5.74, 6) is -0.815. The quantitative estimate of drug-likeness (QED) is 0.529. The second-order valence-corrected chi connectivity index (χ2v) is 9.41. The van der Waals surface area contributed by atoms with Crippen LogP contribution in [-0.4, -0.2) is 37.5 Å². The van der Waals surface area contributed by atoms with Crippen LogP contribution in [0.2, 0.25) is 5.02 Å². The molecule has 9 heteroatoms. The largest absolute Gasteiger partial charge is 0.481 e. The Bertz CT molecular complexity index is 1300. The van der Waals surface area contributed by atoms with Gasteiger partial charge in [-0.15, -0.1) is 0 Å². The molecule has 3 rings (SSSR count). The maximum atomic E-state index is 12.9. The van der Waals surface area contributed by atoms with Crippen molar-refractivity contribution in [1.82, 2.24) is 4.31 Å². The van der Waals surface area contributed by atoms with Crippen molar-refractivity contribution in [2.45, 2.75) is 11.4 Å². The zero-order chi connectivity index (χ0) is 23.3. The van der Waals surface area contributed by atoms with Gasteiger partial charge in [-0.2, -0.15) is 9.57 Å². The Hall–Kier alpha value is -3.38. The van der Waals surface area contributed by atoms with Gasteiger partial charge in [-0.05, 0) is 53.6 Å². The first-order chi connectivity index (χ1) is 15.2. The van der Waals surface area contributed by atoms with E-state index in [1.165, 1.54) is 23.5 Å². The van der Waals surface area contributed by atoms with Crippen molar-refractivity contribution in [1.29, 1.82) is 5.26 Å².